The number of carbonyl (C=O) groups excluding carboxylic acids is 1. The molecule has 1 radical (unpaired) electrons. The Balaban J connectivity index is 3.22. The lowest BCUT2D eigenvalue weighted by Gasteiger charge is -2.17. The van der Waals surface area contributed by atoms with E-state index in [2.05, 4.69) is 33.0 Å². The molecule has 0 saturated heterocycles. The minimum Gasteiger partial charge on any atom is -0.356 e. The molecule has 0 atom stereocenters. The highest BCUT2D eigenvalue weighted by atomic mass is 16.1. The second-order valence-electron chi connectivity index (χ2n) is 4.01. The van der Waals surface area contributed by atoms with Crippen molar-refractivity contribution in [2.24, 2.45) is 5.41 Å². The molecule has 0 fully saturated rings. The molecule has 2 nitrogen and oxygen atoms in total. The van der Waals surface area contributed by atoms with Gasteiger partial charge in [0.15, 0.2) is 0 Å². The van der Waals surface area contributed by atoms with Gasteiger partial charge < -0.3 is 5.32 Å². The minimum absolute atomic E-state index is 0.182. The first-order chi connectivity index (χ1) is 4.92. The largest absolute Gasteiger partial charge is 0.356 e. The molecule has 0 aliphatic rings. The van der Waals surface area contributed by atoms with Gasteiger partial charge in [-0.25, -0.2) is 0 Å². The van der Waals surface area contributed by atoms with Crippen molar-refractivity contribution in [3.63, 3.8) is 0 Å². The fraction of sp³-hybridized carbons (Fsp3) is 0.778. The van der Waals surface area contributed by atoms with Gasteiger partial charge in [0.1, 0.15) is 0 Å². The van der Waals surface area contributed by atoms with Crippen molar-refractivity contribution in [3.05, 3.63) is 6.92 Å². The van der Waals surface area contributed by atoms with Crippen molar-refractivity contribution in [2.45, 2.75) is 33.6 Å². The Kier molecular flexibility index (Phi) is 4.16. The van der Waals surface area contributed by atoms with Gasteiger partial charge in [-0.3, -0.25) is 4.79 Å². The average Bonchev–Trinajstić information content (AvgIpc) is 1.78. The van der Waals surface area contributed by atoms with Crippen LogP contribution < -0.4 is 5.32 Å². The van der Waals surface area contributed by atoms with Crippen LogP contribution in [0.1, 0.15) is 33.6 Å². The Morgan fingerprint density at radius 2 is 2.00 bits per heavy atom. The molecule has 0 heterocycles. The molecular formula is C9H18NO. The third-order valence-corrected chi connectivity index (χ3v) is 1.43. The van der Waals surface area contributed by atoms with E-state index in [1.807, 2.05) is 0 Å². The molecule has 0 spiro atoms. The molecule has 0 aromatic carbocycles. The molecule has 0 unspecified atom stereocenters. The normalized spacial score (nSPS) is 11.3. The summed E-state index contributed by atoms with van der Waals surface area (Å²) in [5, 5.41) is 2.67. The van der Waals surface area contributed by atoms with Crippen LogP contribution in [0.2, 0.25) is 0 Å². The van der Waals surface area contributed by atoms with E-state index in [0.717, 1.165) is 19.4 Å². The zero-order valence-corrected chi connectivity index (χ0v) is 7.74. The maximum Gasteiger partial charge on any atom is 0.220 e. The van der Waals surface area contributed by atoms with E-state index in [0.29, 0.717) is 5.41 Å². The van der Waals surface area contributed by atoms with Gasteiger partial charge >= 0.3 is 0 Å². The number of nitrogens with one attached hydrogen (secondary N) is 1. The van der Waals surface area contributed by atoms with E-state index in [1.165, 1.54) is 0 Å². The number of hydrogen-bond acceptors (Lipinski definition) is 1. The topological polar surface area (TPSA) is 29.1 Å². The van der Waals surface area contributed by atoms with Crippen LogP contribution in [0.4, 0.5) is 0 Å². The summed E-state index contributed by atoms with van der Waals surface area (Å²) in [6.45, 7) is 10.6. The zero-order chi connectivity index (χ0) is 8.91. The van der Waals surface area contributed by atoms with Crippen molar-refractivity contribution in [3.8, 4) is 0 Å². The van der Waals surface area contributed by atoms with Gasteiger partial charge in [-0.1, -0.05) is 20.8 Å². The second-order valence-corrected chi connectivity index (χ2v) is 4.01. The van der Waals surface area contributed by atoms with E-state index in [-0.39, 0.29) is 5.91 Å². The van der Waals surface area contributed by atoms with Gasteiger partial charge in [-0.15, -0.1) is 0 Å². The lowest BCUT2D eigenvalue weighted by molar-refractivity contribution is -0.116. The summed E-state index contributed by atoms with van der Waals surface area (Å²) in [6, 6.07) is 0. The summed E-state index contributed by atoms with van der Waals surface area (Å²) >= 11 is 0. The number of amides is 1. The van der Waals surface area contributed by atoms with Crippen LogP contribution >= 0.6 is 0 Å². The molecule has 2 heteroatoms. The van der Waals surface area contributed by atoms with Crippen LogP contribution in [0.15, 0.2) is 0 Å². The quantitative estimate of drug-likeness (QED) is 0.620. The third-order valence-electron chi connectivity index (χ3n) is 1.43. The molecule has 0 bridgehead atoms. The van der Waals surface area contributed by atoms with Gasteiger partial charge in [0.05, 0.1) is 0 Å². The first kappa shape index (κ1) is 10.5. The standard InChI is InChI=1S/C9H18NO/c1-8(11)10-7-5-6-9(2,3)4/h1,5-7H2,2-4H3,(H,10,11). The Labute approximate surface area is 69.4 Å². The van der Waals surface area contributed by atoms with Crippen LogP contribution in [0.25, 0.3) is 0 Å². The van der Waals surface area contributed by atoms with E-state index < -0.39 is 0 Å². The summed E-state index contributed by atoms with van der Waals surface area (Å²) in [6.07, 6.45) is 2.16. The lowest BCUT2D eigenvalue weighted by atomic mass is 9.91. The highest BCUT2D eigenvalue weighted by Gasteiger charge is 2.08. The Morgan fingerprint density at radius 3 is 2.36 bits per heavy atom. The predicted octanol–water partition coefficient (Wildman–Crippen LogP) is 1.76. The molecule has 0 saturated carbocycles. The van der Waals surface area contributed by atoms with Gasteiger partial charge in [0, 0.05) is 13.5 Å². The van der Waals surface area contributed by atoms with Gasteiger partial charge in [-0.2, -0.15) is 0 Å². The second kappa shape index (κ2) is 4.37. The summed E-state index contributed by atoms with van der Waals surface area (Å²) in [4.78, 5) is 10.3. The smallest absolute Gasteiger partial charge is 0.220 e. The molecule has 0 aromatic heterocycles. The van der Waals surface area contributed by atoms with E-state index in [9.17, 15) is 4.79 Å². The van der Waals surface area contributed by atoms with Crippen LogP contribution in [0.3, 0.4) is 0 Å². The SMILES string of the molecule is [CH2]C(=O)NCCCC(C)(C)C. The van der Waals surface area contributed by atoms with Crippen LogP contribution in [0.5, 0.6) is 0 Å². The Morgan fingerprint density at radius 1 is 1.45 bits per heavy atom. The van der Waals surface area contributed by atoms with Crippen LogP contribution in [-0.4, -0.2) is 12.5 Å². The molecular weight excluding hydrogens is 138 g/mol. The third kappa shape index (κ3) is 9.47. The van der Waals surface area contributed by atoms with Gasteiger partial charge in [0.2, 0.25) is 5.91 Å². The zero-order valence-electron chi connectivity index (χ0n) is 7.74. The van der Waals surface area contributed by atoms with E-state index >= 15 is 0 Å². The van der Waals surface area contributed by atoms with E-state index in [1.54, 1.807) is 0 Å². The summed E-state index contributed by atoms with van der Waals surface area (Å²) in [5.74, 6) is -0.182. The van der Waals surface area contributed by atoms with E-state index in [4.69, 9.17) is 0 Å². The van der Waals surface area contributed by atoms with Crippen molar-refractivity contribution >= 4 is 5.91 Å². The summed E-state index contributed by atoms with van der Waals surface area (Å²) in [7, 11) is 0. The van der Waals surface area contributed by atoms with Crippen molar-refractivity contribution in [1.82, 2.24) is 5.32 Å². The molecule has 0 aromatic rings. The summed E-state index contributed by atoms with van der Waals surface area (Å²) < 4.78 is 0. The monoisotopic (exact) mass is 156 g/mol. The fourth-order valence-corrected chi connectivity index (χ4v) is 0.847. The van der Waals surface area contributed by atoms with Crippen LogP contribution in [0, 0.1) is 12.3 Å². The molecule has 0 aliphatic heterocycles. The molecule has 1 N–H and O–H groups in total. The minimum atomic E-state index is -0.182. The first-order valence-electron chi connectivity index (χ1n) is 4.01. The maximum absolute atomic E-state index is 10.3. The molecule has 0 rings (SSSR count). The lowest BCUT2D eigenvalue weighted by Crippen LogP contribution is -2.22. The Bertz CT molecular complexity index is 124. The fourth-order valence-electron chi connectivity index (χ4n) is 0.847. The number of hydrogen-bond donors (Lipinski definition) is 1. The van der Waals surface area contributed by atoms with Crippen LogP contribution in [-0.2, 0) is 4.79 Å². The van der Waals surface area contributed by atoms with Crippen molar-refractivity contribution in [1.29, 1.82) is 0 Å². The molecule has 11 heavy (non-hydrogen) atoms. The summed E-state index contributed by atoms with van der Waals surface area (Å²) in [5.41, 5.74) is 0.367. The van der Waals surface area contributed by atoms with Gasteiger partial charge in [-0.05, 0) is 18.3 Å². The van der Waals surface area contributed by atoms with Crippen molar-refractivity contribution in [2.75, 3.05) is 6.54 Å². The van der Waals surface area contributed by atoms with Gasteiger partial charge in [0.25, 0.3) is 0 Å². The highest BCUT2D eigenvalue weighted by Crippen LogP contribution is 2.19. The number of rotatable bonds is 3. The molecule has 65 valence electrons. The number of carbonyl (C=O) groups is 1. The molecule has 0 aliphatic carbocycles. The maximum atomic E-state index is 10.3. The first-order valence-corrected chi connectivity index (χ1v) is 4.01. The predicted molar refractivity (Wildman–Crippen MR) is 47.1 cm³/mol. The Hall–Kier alpha value is -0.530. The highest BCUT2D eigenvalue weighted by molar-refractivity contribution is 5.79. The van der Waals surface area contributed by atoms with Crippen molar-refractivity contribution < 1.29 is 4.79 Å². The molecule has 1 amide bonds. The average molecular weight is 156 g/mol.